The molecular weight excluding hydrogens is 268 g/mol. The van der Waals surface area contributed by atoms with Crippen molar-refractivity contribution < 1.29 is 8.78 Å². The van der Waals surface area contributed by atoms with Crippen LogP contribution in [0.15, 0.2) is 36.4 Å². The second-order valence-electron chi connectivity index (χ2n) is 5.51. The Kier molecular flexibility index (Phi) is 5.07. The van der Waals surface area contributed by atoms with Crippen molar-refractivity contribution in [3.05, 3.63) is 70.3 Å². The molecule has 0 heterocycles. The number of aryl methyl sites for hydroxylation is 2. The number of halogens is 2. The van der Waals surface area contributed by atoms with E-state index in [9.17, 15) is 8.78 Å². The summed E-state index contributed by atoms with van der Waals surface area (Å²) in [5, 5.41) is 3.38. The first-order chi connectivity index (χ1) is 9.99. The highest BCUT2D eigenvalue weighted by molar-refractivity contribution is 5.36. The van der Waals surface area contributed by atoms with E-state index in [1.165, 1.54) is 24.3 Å². The van der Waals surface area contributed by atoms with Gasteiger partial charge in [0.15, 0.2) is 0 Å². The lowest BCUT2D eigenvalue weighted by Crippen LogP contribution is -2.23. The molecule has 0 fully saturated rings. The standard InChI is InChI=1S/C18H21F2N/c1-4-5-21-18(14-6-12(2)8-16(19)10-14)15-7-13(3)9-17(20)11-15/h6-11,18,21H,4-5H2,1-3H3. The van der Waals surface area contributed by atoms with Gasteiger partial charge < -0.3 is 5.32 Å². The van der Waals surface area contributed by atoms with Crippen molar-refractivity contribution in [2.75, 3.05) is 6.54 Å². The van der Waals surface area contributed by atoms with Crippen molar-refractivity contribution in [1.82, 2.24) is 5.32 Å². The molecule has 112 valence electrons. The van der Waals surface area contributed by atoms with Gasteiger partial charge in [-0.1, -0.05) is 19.1 Å². The molecule has 1 N–H and O–H groups in total. The summed E-state index contributed by atoms with van der Waals surface area (Å²) in [6.45, 7) is 6.58. The zero-order valence-corrected chi connectivity index (χ0v) is 12.7. The Balaban J connectivity index is 2.46. The third kappa shape index (κ3) is 4.11. The Morgan fingerprint density at radius 1 is 0.857 bits per heavy atom. The van der Waals surface area contributed by atoms with Gasteiger partial charge in [0.05, 0.1) is 6.04 Å². The van der Waals surface area contributed by atoms with E-state index in [-0.39, 0.29) is 17.7 Å². The van der Waals surface area contributed by atoms with E-state index in [4.69, 9.17) is 0 Å². The van der Waals surface area contributed by atoms with Crippen molar-refractivity contribution in [3.63, 3.8) is 0 Å². The number of benzene rings is 2. The van der Waals surface area contributed by atoms with Gasteiger partial charge in [0.1, 0.15) is 11.6 Å². The van der Waals surface area contributed by atoms with Gasteiger partial charge >= 0.3 is 0 Å². The molecule has 2 aromatic carbocycles. The lowest BCUT2D eigenvalue weighted by molar-refractivity contribution is 0.576. The Morgan fingerprint density at radius 3 is 1.71 bits per heavy atom. The Labute approximate surface area is 125 Å². The average molecular weight is 289 g/mol. The van der Waals surface area contributed by atoms with Gasteiger partial charge in [0.25, 0.3) is 0 Å². The van der Waals surface area contributed by atoms with Crippen LogP contribution in [0.2, 0.25) is 0 Å². The lowest BCUT2D eigenvalue weighted by atomic mass is 9.95. The number of hydrogen-bond acceptors (Lipinski definition) is 1. The normalized spacial score (nSPS) is 11.1. The molecular formula is C18H21F2N. The van der Waals surface area contributed by atoms with E-state index in [2.05, 4.69) is 12.2 Å². The van der Waals surface area contributed by atoms with E-state index in [0.717, 1.165) is 35.2 Å². The van der Waals surface area contributed by atoms with Crippen LogP contribution in [0.3, 0.4) is 0 Å². The van der Waals surface area contributed by atoms with E-state index >= 15 is 0 Å². The fraction of sp³-hybridized carbons (Fsp3) is 0.333. The van der Waals surface area contributed by atoms with Crippen molar-refractivity contribution in [3.8, 4) is 0 Å². The summed E-state index contributed by atoms with van der Waals surface area (Å²) < 4.78 is 27.4. The maximum atomic E-state index is 13.7. The predicted molar refractivity (Wildman–Crippen MR) is 82.4 cm³/mol. The SMILES string of the molecule is CCCNC(c1cc(C)cc(F)c1)c1cc(C)cc(F)c1. The maximum absolute atomic E-state index is 13.7. The van der Waals surface area contributed by atoms with Gasteiger partial charge in [0.2, 0.25) is 0 Å². The molecule has 1 nitrogen and oxygen atoms in total. The second kappa shape index (κ2) is 6.81. The minimum absolute atomic E-state index is 0.200. The molecule has 0 bridgehead atoms. The van der Waals surface area contributed by atoms with Crippen LogP contribution in [0.4, 0.5) is 8.78 Å². The van der Waals surface area contributed by atoms with E-state index in [1.54, 1.807) is 0 Å². The van der Waals surface area contributed by atoms with Gasteiger partial charge in [-0.2, -0.15) is 0 Å². The zero-order valence-electron chi connectivity index (χ0n) is 12.7. The Bertz CT molecular complexity index is 531. The van der Waals surface area contributed by atoms with Crippen molar-refractivity contribution >= 4 is 0 Å². The first-order valence-corrected chi connectivity index (χ1v) is 7.27. The van der Waals surface area contributed by atoms with Crippen LogP contribution in [-0.4, -0.2) is 6.54 Å². The lowest BCUT2D eigenvalue weighted by Gasteiger charge is -2.21. The van der Waals surface area contributed by atoms with Crippen LogP contribution in [0.5, 0.6) is 0 Å². The number of rotatable bonds is 5. The second-order valence-corrected chi connectivity index (χ2v) is 5.51. The van der Waals surface area contributed by atoms with Crippen LogP contribution in [0.1, 0.15) is 41.6 Å². The van der Waals surface area contributed by atoms with Crippen molar-refractivity contribution in [2.45, 2.75) is 33.2 Å². The molecule has 0 aromatic heterocycles. The molecule has 0 spiro atoms. The summed E-state index contributed by atoms with van der Waals surface area (Å²) in [4.78, 5) is 0. The maximum Gasteiger partial charge on any atom is 0.123 e. The fourth-order valence-corrected chi connectivity index (χ4v) is 2.58. The highest BCUT2D eigenvalue weighted by atomic mass is 19.1. The summed E-state index contributed by atoms with van der Waals surface area (Å²) in [5.74, 6) is -0.525. The van der Waals surface area contributed by atoms with Crippen LogP contribution in [0, 0.1) is 25.5 Å². The van der Waals surface area contributed by atoms with Crippen molar-refractivity contribution in [1.29, 1.82) is 0 Å². The molecule has 2 aromatic rings. The first-order valence-electron chi connectivity index (χ1n) is 7.27. The highest BCUT2D eigenvalue weighted by Crippen LogP contribution is 2.25. The first kappa shape index (κ1) is 15.6. The average Bonchev–Trinajstić information content (AvgIpc) is 2.37. The molecule has 2 rings (SSSR count). The fourth-order valence-electron chi connectivity index (χ4n) is 2.58. The third-order valence-corrected chi connectivity index (χ3v) is 3.39. The quantitative estimate of drug-likeness (QED) is 0.843. The molecule has 0 atom stereocenters. The number of hydrogen-bond donors (Lipinski definition) is 1. The summed E-state index contributed by atoms with van der Waals surface area (Å²) >= 11 is 0. The molecule has 0 unspecified atom stereocenters. The van der Waals surface area contributed by atoms with Gasteiger partial charge in [-0.25, -0.2) is 8.78 Å². The zero-order chi connectivity index (χ0) is 15.4. The molecule has 0 saturated heterocycles. The molecule has 0 aliphatic heterocycles. The molecule has 0 radical (unpaired) electrons. The minimum atomic E-state index is -0.263. The van der Waals surface area contributed by atoms with Crippen LogP contribution >= 0.6 is 0 Å². The molecule has 0 aliphatic carbocycles. The van der Waals surface area contributed by atoms with E-state index in [1.807, 2.05) is 26.0 Å². The largest absolute Gasteiger partial charge is 0.306 e. The summed E-state index contributed by atoms with van der Waals surface area (Å²) in [7, 11) is 0. The van der Waals surface area contributed by atoms with Gasteiger partial charge in [0, 0.05) is 0 Å². The predicted octanol–water partition coefficient (Wildman–Crippen LogP) is 4.67. The van der Waals surface area contributed by atoms with Crippen molar-refractivity contribution in [2.24, 2.45) is 0 Å². The summed E-state index contributed by atoms with van der Waals surface area (Å²) in [6, 6.07) is 9.71. The monoisotopic (exact) mass is 289 g/mol. The third-order valence-electron chi connectivity index (χ3n) is 3.39. The molecule has 0 saturated carbocycles. The van der Waals surface area contributed by atoms with Gasteiger partial charge in [-0.05, 0) is 73.3 Å². The van der Waals surface area contributed by atoms with Gasteiger partial charge in [-0.3, -0.25) is 0 Å². The molecule has 0 amide bonds. The minimum Gasteiger partial charge on any atom is -0.306 e. The van der Waals surface area contributed by atoms with E-state index < -0.39 is 0 Å². The summed E-state index contributed by atoms with van der Waals surface area (Å²) in [6.07, 6.45) is 0.957. The summed E-state index contributed by atoms with van der Waals surface area (Å²) in [5.41, 5.74) is 3.37. The molecule has 3 heteroatoms. The van der Waals surface area contributed by atoms with Gasteiger partial charge in [-0.15, -0.1) is 0 Å². The van der Waals surface area contributed by atoms with Crippen LogP contribution in [-0.2, 0) is 0 Å². The Hall–Kier alpha value is -1.74. The highest BCUT2D eigenvalue weighted by Gasteiger charge is 2.16. The van der Waals surface area contributed by atoms with Crippen LogP contribution < -0.4 is 5.32 Å². The molecule has 0 aliphatic rings. The number of nitrogens with one attached hydrogen (secondary N) is 1. The molecule has 21 heavy (non-hydrogen) atoms. The van der Waals surface area contributed by atoms with Crippen LogP contribution in [0.25, 0.3) is 0 Å². The smallest absolute Gasteiger partial charge is 0.123 e. The topological polar surface area (TPSA) is 12.0 Å². The Morgan fingerprint density at radius 2 is 1.33 bits per heavy atom. The van der Waals surface area contributed by atoms with E-state index in [0.29, 0.717) is 0 Å².